The molecular formula is C50H56N4O10. The van der Waals surface area contributed by atoms with E-state index in [1.54, 1.807) is 65.8 Å². The predicted molar refractivity (Wildman–Crippen MR) is 248 cm³/mol. The largest absolute Gasteiger partial charge is 0.489 e. The summed E-state index contributed by atoms with van der Waals surface area (Å²) in [6, 6.07) is 29.8. The predicted octanol–water partition coefficient (Wildman–Crippen LogP) is 9.79. The maximum Gasteiger partial charge on any atom is 0.414 e. The lowest BCUT2D eigenvalue weighted by atomic mass is 9.92. The summed E-state index contributed by atoms with van der Waals surface area (Å²) < 4.78 is 28.1. The molecule has 0 aliphatic carbocycles. The highest BCUT2D eigenvalue weighted by Crippen LogP contribution is 2.45. The van der Waals surface area contributed by atoms with E-state index in [1.165, 1.54) is 13.2 Å². The first-order valence-electron chi connectivity index (χ1n) is 20.9. The van der Waals surface area contributed by atoms with Crippen molar-refractivity contribution in [1.82, 2.24) is 10.6 Å². The number of nitrogens with one attached hydrogen (secondary N) is 3. The summed E-state index contributed by atoms with van der Waals surface area (Å²) in [5, 5.41) is 11.5. The van der Waals surface area contributed by atoms with Crippen molar-refractivity contribution in [2.45, 2.75) is 72.0 Å². The fourth-order valence-electron chi connectivity index (χ4n) is 6.75. The molecule has 0 fully saturated rings. The number of hydrogen-bond donors (Lipinski definition) is 3. The summed E-state index contributed by atoms with van der Waals surface area (Å²) in [6.07, 6.45) is 0.160. The van der Waals surface area contributed by atoms with Gasteiger partial charge in [0.15, 0.2) is 5.78 Å². The van der Waals surface area contributed by atoms with Crippen LogP contribution in [0.2, 0.25) is 0 Å². The smallest absolute Gasteiger partial charge is 0.414 e. The molecule has 0 spiro atoms. The zero-order chi connectivity index (χ0) is 46.4. The van der Waals surface area contributed by atoms with E-state index in [-0.39, 0.29) is 56.3 Å². The van der Waals surface area contributed by atoms with E-state index in [4.69, 9.17) is 23.7 Å². The Morgan fingerprint density at radius 2 is 1.28 bits per heavy atom. The monoisotopic (exact) mass is 872 g/mol. The Balaban J connectivity index is 1.41. The minimum Gasteiger partial charge on any atom is -0.489 e. The quantitative estimate of drug-likeness (QED) is 0.0216. The number of ether oxygens (including phenoxy) is 5. The molecule has 0 aliphatic rings. The molecule has 3 N–H and O–H groups in total. The Morgan fingerprint density at radius 1 is 0.719 bits per heavy atom. The van der Waals surface area contributed by atoms with Crippen LogP contribution in [0, 0.1) is 5.92 Å². The van der Waals surface area contributed by atoms with E-state index in [0.717, 1.165) is 32.7 Å². The van der Waals surface area contributed by atoms with Gasteiger partial charge in [-0.25, -0.2) is 14.4 Å². The molecule has 64 heavy (non-hydrogen) atoms. The van der Waals surface area contributed by atoms with Crippen molar-refractivity contribution in [3.8, 4) is 22.6 Å². The van der Waals surface area contributed by atoms with E-state index in [1.807, 2.05) is 72.8 Å². The Kier molecular flexibility index (Phi) is 16.2. The number of rotatable bonds is 16. The number of guanidine groups is 1. The summed E-state index contributed by atoms with van der Waals surface area (Å²) in [5.41, 5.74) is 0.443. The van der Waals surface area contributed by atoms with E-state index in [9.17, 15) is 24.0 Å². The highest BCUT2D eigenvalue weighted by Gasteiger charge is 2.26. The van der Waals surface area contributed by atoms with Gasteiger partial charge in [0, 0.05) is 35.7 Å². The fraction of sp³-hybridized carbons (Fsp3) is 0.320. The third kappa shape index (κ3) is 13.9. The topological polar surface area (TPSA) is 180 Å². The number of fused-ring (bicyclic) bond motifs is 2. The van der Waals surface area contributed by atoms with Crippen molar-refractivity contribution >= 4 is 63.0 Å². The Bertz CT molecular complexity index is 2500. The third-order valence-corrected chi connectivity index (χ3v) is 9.39. The number of ketones is 1. The number of hydrogen-bond acceptors (Lipinski definition) is 11. The second kappa shape index (κ2) is 21.7. The number of anilines is 1. The summed E-state index contributed by atoms with van der Waals surface area (Å²) in [5.74, 6) is -1.46. The third-order valence-electron chi connectivity index (χ3n) is 9.39. The van der Waals surface area contributed by atoms with Gasteiger partial charge in [-0.05, 0) is 106 Å². The number of Topliss-reactive ketones (excluding diaryl/α,β-unsaturated/α-hetero) is 1. The van der Waals surface area contributed by atoms with Crippen molar-refractivity contribution in [2.75, 3.05) is 32.2 Å². The first kappa shape index (κ1) is 47.8. The lowest BCUT2D eigenvalue weighted by Gasteiger charge is -2.22. The number of alkyl carbamates (subject to hydrolysis) is 2. The standard InChI is InChI=1S/C50H56N4O10/c1-9-28-61-40-25-23-32-16-10-12-21-38(32)42(40)43-39-22-13-11-17-33(39)24-26-41(43)62-31-37(55)30-34(44(56)52-36-20-14-18-35(29-36)45(57)60-8)19-15-27-51-46(53-47(58)63-49(2,3)4)54-48(59)64-50(5,6)7/h9-14,16-18,20-26,29,34H,1,15,19,27-28,30-31H2,2-8H3,(H,52,56)(H2,51,53,54,58,59)/t34-/m0/s1. The molecule has 1 atom stereocenters. The number of carbonyl (C=O) groups excluding carboxylic acids is 5. The molecule has 0 heterocycles. The number of amides is 3. The second-order valence-electron chi connectivity index (χ2n) is 16.8. The zero-order valence-electron chi connectivity index (χ0n) is 37.4. The van der Waals surface area contributed by atoms with Crippen molar-refractivity contribution < 1.29 is 47.7 Å². The Hall–Kier alpha value is -7.22. The average molecular weight is 873 g/mol. The van der Waals surface area contributed by atoms with Gasteiger partial charge in [0.05, 0.1) is 12.7 Å². The number of carbonyl (C=O) groups is 5. The lowest BCUT2D eigenvalue weighted by Crippen LogP contribution is -2.47. The minimum atomic E-state index is -0.887. The van der Waals surface area contributed by atoms with Crippen LogP contribution in [-0.2, 0) is 23.8 Å². The minimum absolute atomic E-state index is 0.0228. The van der Waals surface area contributed by atoms with Crippen LogP contribution in [0.5, 0.6) is 11.5 Å². The molecule has 5 aromatic rings. The molecule has 0 saturated carbocycles. The molecule has 0 unspecified atom stereocenters. The zero-order valence-corrected chi connectivity index (χ0v) is 37.4. The summed E-state index contributed by atoms with van der Waals surface area (Å²) in [4.78, 5) is 69.8. The van der Waals surface area contributed by atoms with Gasteiger partial charge in [-0.1, -0.05) is 79.4 Å². The number of esters is 1. The number of nitrogens with zero attached hydrogens (tertiary/aromatic N) is 1. The van der Waals surface area contributed by atoms with Crippen LogP contribution in [0.4, 0.5) is 15.3 Å². The first-order chi connectivity index (χ1) is 30.4. The van der Waals surface area contributed by atoms with Crippen LogP contribution in [-0.4, -0.2) is 73.9 Å². The van der Waals surface area contributed by atoms with Gasteiger partial charge in [-0.3, -0.25) is 25.2 Å². The van der Waals surface area contributed by atoms with E-state index in [0.29, 0.717) is 17.2 Å². The first-order valence-corrected chi connectivity index (χ1v) is 20.9. The van der Waals surface area contributed by atoms with Gasteiger partial charge in [-0.15, -0.1) is 0 Å². The number of methoxy groups -OCH3 is 1. The van der Waals surface area contributed by atoms with Gasteiger partial charge in [-0.2, -0.15) is 0 Å². The Morgan fingerprint density at radius 3 is 1.83 bits per heavy atom. The van der Waals surface area contributed by atoms with Crippen molar-refractivity contribution in [3.05, 3.63) is 115 Å². The van der Waals surface area contributed by atoms with E-state index in [2.05, 4.69) is 27.5 Å². The molecule has 14 nitrogen and oxygen atoms in total. The molecular weight excluding hydrogens is 817 g/mol. The van der Waals surface area contributed by atoms with Crippen LogP contribution in [0.15, 0.2) is 115 Å². The van der Waals surface area contributed by atoms with Crippen LogP contribution < -0.4 is 25.4 Å². The van der Waals surface area contributed by atoms with Crippen molar-refractivity contribution in [3.63, 3.8) is 0 Å². The van der Waals surface area contributed by atoms with Crippen LogP contribution >= 0.6 is 0 Å². The molecule has 336 valence electrons. The van der Waals surface area contributed by atoms with Crippen molar-refractivity contribution in [1.29, 1.82) is 0 Å². The van der Waals surface area contributed by atoms with Gasteiger partial charge in [0.2, 0.25) is 11.9 Å². The van der Waals surface area contributed by atoms with Gasteiger partial charge < -0.3 is 29.0 Å². The van der Waals surface area contributed by atoms with Gasteiger partial charge in [0.25, 0.3) is 0 Å². The van der Waals surface area contributed by atoms with Crippen LogP contribution in [0.3, 0.4) is 0 Å². The molecule has 14 heteroatoms. The van der Waals surface area contributed by atoms with Crippen LogP contribution in [0.25, 0.3) is 32.7 Å². The molecule has 5 rings (SSSR count). The summed E-state index contributed by atoms with van der Waals surface area (Å²) in [7, 11) is 1.26. The second-order valence-corrected chi connectivity index (χ2v) is 16.8. The van der Waals surface area contributed by atoms with Crippen molar-refractivity contribution in [2.24, 2.45) is 10.9 Å². The fourth-order valence-corrected chi connectivity index (χ4v) is 6.75. The maximum atomic E-state index is 14.0. The molecule has 0 radical (unpaired) electrons. The van der Waals surface area contributed by atoms with E-state index < -0.39 is 41.2 Å². The van der Waals surface area contributed by atoms with E-state index >= 15 is 0 Å². The molecule has 5 aromatic carbocycles. The SMILES string of the molecule is C=CCOc1ccc2ccccc2c1-c1c(OCC(=O)C[C@H](CCCN=C(NC(=O)OC(C)(C)C)NC(=O)OC(C)(C)C)C(=O)Nc2cccc(C(=O)OC)c2)ccc2ccccc12. The number of aliphatic imine (C=N–C) groups is 1. The summed E-state index contributed by atoms with van der Waals surface area (Å²) >= 11 is 0. The molecule has 0 aromatic heterocycles. The summed E-state index contributed by atoms with van der Waals surface area (Å²) in [6.45, 7) is 13.9. The van der Waals surface area contributed by atoms with Gasteiger partial charge >= 0.3 is 18.2 Å². The maximum absolute atomic E-state index is 14.0. The van der Waals surface area contributed by atoms with Gasteiger partial charge in [0.1, 0.15) is 35.9 Å². The Labute approximate surface area is 373 Å². The highest BCUT2D eigenvalue weighted by atomic mass is 16.6. The lowest BCUT2D eigenvalue weighted by molar-refractivity contribution is -0.127. The molecule has 0 saturated heterocycles. The normalized spacial score (nSPS) is 11.7. The average Bonchev–Trinajstić information content (AvgIpc) is 3.23. The molecule has 3 amide bonds. The van der Waals surface area contributed by atoms with Crippen LogP contribution in [0.1, 0.15) is 71.2 Å². The number of benzene rings is 5. The highest BCUT2D eigenvalue weighted by molar-refractivity contribution is 6.10. The molecule has 0 bridgehead atoms. The molecule has 0 aliphatic heterocycles.